The monoisotopic (exact) mass is 378 g/mol. The van der Waals surface area contributed by atoms with E-state index >= 15 is 0 Å². The molecular formula is C18H16Cl2N2O3. The third-order valence-corrected chi connectivity index (χ3v) is 3.78. The van der Waals surface area contributed by atoms with E-state index in [0.717, 1.165) is 0 Å². The number of hydrogen-bond acceptors (Lipinski definition) is 5. The number of aromatic nitrogens is 1. The number of pyridine rings is 1. The van der Waals surface area contributed by atoms with Crippen LogP contribution < -0.4 is 5.32 Å². The minimum absolute atomic E-state index is 0.0331. The summed E-state index contributed by atoms with van der Waals surface area (Å²) in [6.45, 7) is 2.01. The van der Waals surface area contributed by atoms with Gasteiger partial charge in [0, 0.05) is 23.6 Å². The number of rotatable bonds is 6. The number of ether oxygens (including phenoxy) is 1. The van der Waals surface area contributed by atoms with Gasteiger partial charge in [-0.2, -0.15) is 0 Å². The Morgan fingerprint density at radius 2 is 2.20 bits per heavy atom. The smallest absolute Gasteiger partial charge is 0.357 e. The Morgan fingerprint density at radius 3 is 2.84 bits per heavy atom. The van der Waals surface area contributed by atoms with Crippen molar-refractivity contribution in [3.05, 3.63) is 51.8 Å². The zero-order valence-electron chi connectivity index (χ0n) is 13.4. The number of carbonyl (C=O) groups excluding carboxylic acids is 1. The van der Waals surface area contributed by atoms with Crippen LogP contribution in [0, 0.1) is 12.3 Å². The fourth-order valence-corrected chi connectivity index (χ4v) is 2.56. The molecule has 2 aromatic rings. The second-order valence-electron chi connectivity index (χ2n) is 5.31. The molecule has 130 valence electrons. The van der Waals surface area contributed by atoms with Gasteiger partial charge in [0.05, 0.1) is 16.9 Å². The molecule has 1 atom stereocenters. The molecule has 0 fully saturated rings. The van der Waals surface area contributed by atoms with Gasteiger partial charge in [-0.15, -0.1) is 12.3 Å². The van der Waals surface area contributed by atoms with Crippen molar-refractivity contribution < 1.29 is 14.6 Å². The van der Waals surface area contributed by atoms with Crippen LogP contribution in [0.4, 0.5) is 5.69 Å². The van der Waals surface area contributed by atoms with Gasteiger partial charge < -0.3 is 15.2 Å². The Labute approximate surface area is 155 Å². The maximum Gasteiger partial charge on any atom is 0.357 e. The van der Waals surface area contributed by atoms with E-state index in [0.29, 0.717) is 22.7 Å². The standard InChI is InChI=1S/C18H16Cl2N2O3/c1-3-4-11(2)25-18(24)16-6-5-14(10-22-16)21-9-12-7-13(19)8-15(20)17(12)23/h1,5-8,10-11,21,23H,4,9H2,2H3. The molecule has 0 aliphatic rings. The first-order valence-corrected chi connectivity index (χ1v) is 8.17. The van der Waals surface area contributed by atoms with Crippen molar-refractivity contribution in [1.82, 2.24) is 4.98 Å². The number of anilines is 1. The second kappa shape index (κ2) is 8.61. The first-order valence-electron chi connectivity index (χ1n) is 7.42. The number of nitrogens with zero attached hydrogens (tertiary/aromatic N) is 1. The predicted octanol–water partition coefficient (Wildman–Crippen LogP) is 4.27. The number of halogens is 2. The van der Waals surface area contributed by atoms with Crippen molar-refractivity contribution >= 4 is 34.9 Å². The van der Waals surface area contributed by atoms with E-state index in [1.807, 2.05) is 0 Å². The van der Waals surface area contributed by atoms with Gasteiger partial charge in [-0.1, -0.05) is 23.2 Å². The normalized spacial score (nSPS) is 11.4. The number of nitrogens with one attached hydrogen (secondary N) is 1. The molecule has 0 aliphatic heterocycles. The molecule has 7 heteroatoms. The Balaban J connectivity index is 1.99. The van der Waals surface area contributed by atoms with Gasteiger partial charge in [0.2, 0.25) is 0 Å². The van der Waals surface area contributed by atoms with E-state index in [4.69, 9.17) is 34.4 Å². The number of carbonyl (C=O) groups is 1. The molecule has 1 aromatic heterocycles. The van der Waals surface area contributed by atoms with Crippen LogP contribution in [0.2, 0.25) is 10.0 Å². The van der Waals surface area contributed by atoms with Crippen molar-refractivity contribution in [2.45, 2.75) is 26.0 Å². The van der Waals surface area contributed by atoms with Crippen molar-refractivity contribution in [3.63, 3.8) is 0 Å². The average Bonchev–Trinajstić information content (AvgIpc) is 2.57. The molecule has 1 unspecified atom stereocenters. The van der Waals surface area contributed by atoms with Gasteiger partial charge >= 0.3 is 5.97 Å². The fraction of sp³-hybridized carbons (Fsp3) is 0.222. The number of phenolic OH excluding ortho intramolecular Hbond substituents is 1. The summed E-state index contributed by atoms with van der Waals surface area (Å²) in [7, 11) is 0. The molecule has 2 rings (SSSR count). The van der Waals surface area contributed by atoms with E-state index in [9.17, 15) is 9.90 Å². The van der Waals surface area contributed by atoms with Crippen molar-refractivity contribution in [1.29, 1.82) is 0 Å². The highest BCUT2D eigenvalue weighted by molar-refractivity contribution is 6.35. The van der Waals surface area contributed by atoms with E-state index in [2.05, 4.69) is 16.2 Å². The van der Waals surface area contributed by atoms with Crippen LogP contribution in [-0.2, 0) is 11.3 Å². The molecule has 1 heterocycles. The largest absolute Gasteiger partial charge is 0.506 e. The highest BCUT2D eigenvalue weighted by atomic mass is 35.5. The molecule has 0 saturated carbocycles. The summed E-state index contributed by atoms with van der Waals surface area (Å²) in [5.74, 6) is 1.86. The minimum atomic E-state index is -0.534. The minimum Gasteiger partial charge on any atom is -0.506 e. The second-order valence-corrected chi connectivity index (χ2v) is 6.15. The number of phenols is 1. The highest BCUT2D eigenvalue weighted by Gasteiger charge is 2.13. The highest BCUT2D eigenvalue weighted by Crippen LogP contribution is 2.31. The average molecular weight is 379 g/mol. The summed E-state index contributed by atoms with van der Waals surface area (Å²) in [4.78, 5) is 16.0. The van der Waals surface area contributed by atoms with E-state index in [1.54, 1.807) is 19.1 Å². The molecule has 5 nitrogen and oxygen atoms in total. The number of esters is 1. The fourth-order valence-electron chi connectivity index (χ4n) is 2.02. The number of terminal acetylenes is 1. The van der Waals surface area contributed by atoms with Crippen LogP contribution in [0.25, 0.3) is 0 Å². The first-order chi connectivity index (χ1) is 11.9. The van der Waals surface area contributed by atoms with Crippen molar-refractivity contribution in [3.8, 4) is 18.1 Å². The molecule has 25 heavy (non-hydrogen) atoms. The lowest BCUT2D eigenvalue weighted by atomic mass is 10.2. The molecule has 0 aliphatic carbocycles. The third-order valence-electron chi connectivity index (χ3n) is 3.28. The zero-order chi connectivity index (χ0) is 18.4. The van der Waals surface area contributed by atoms with E-state index in [-0.39, 0.29) is 29.1 Å². The third kappa shape index (κ3) is 5.28. The summed E-state index contributed by atoms with van der Waals surface area (Å²) >= 11 is 11.8. The van der Waals surface area contributed by atoms with Crippen LogP contribution in [0.3, 0.4) is 0 Å². The summed E-state index contributed by atoms with van der Waals surface area (Å²) in [5, 5.41) is 13.6. The molecule has 0 amide bonds. The molecular weight excluding hydrogens is 363 g/mol. The Kier molecular flexibility index (Phi) is 6.51. The summed E-state index contributed by atoms with van der Waals surface area (Å²) in [6, 6.07) is 6.30. The summed E-state index contributed by atoms with van der Waals surface area (Å²) in [5.41, 5.74) is 1.39. The number of aromatic hydroxyl groups is 1. The van der Waals surface area contributed by atoms with Crippen molar-refractivity contribution in [2.24, 2.45) is 0 Å². The maximum atomic E-state index is 11.9. The summed E-state index contributed by atoms with van der Waals surface area (Å²) < 4.78 is 5.16. The Morgan fingerprint density at radius 1 is 1.44 bits per heavy atom. The van der Waals surface area contributed by atoms with Gasteiger partial charge in [-0.05, 0) is 31.2 Å². The first kappa shape index (κ1) is 18.9. The molecule has 0 radical (unpaired) electrons. The van der Waals surface area contributed by atoms with E-state index < -0.39 is 5.97 Å². The lowest BCUT2D eigenvalue weighted by molar-refractivity contribution is 0.0345. The van der Waals surface area contributed by atoms with Crippen LogP contribution in [0.1, 0.15) is 29.4 Å². The van der Waals surface area contributed by atoms with Gasteiger partial charge in [0.15, 0.2) is 0 Å². The van der Waals surface area contributed by atoms with Crippen LogP contribution in [-0.4, -0.2) is 22.2 Å². The van der Waals surface area contributed by atoms with Crippen molar-refractivity contribution in [2.75, 3.05) is 5.32 Å². The number of hydrogen-bond donors (Lipinski definition) is 2. The quantitative estimate of drug-likeness (QED) is 0.579. The zero-order valence-corrected chi connectivity index (χ0v) is 14.9. The lowest BCUT2D eigenvalue weighted by Crippen LogP contribution is -2.15. The molecule has 0 saturated heterocycles. The van der Waals surface area contributed by atoms with Gasteiger partial charge in [0.25, 0.3) is 0 Å². The molecule has 0 spiro atoms. The number of benzene rings is 1. The molecule has 0 bridgehead atoms. The molecule has 2 N–H and O–H groups in total. The van der Waals surface area contributed by atoms with Gasteiger partial charge in [-0.25, -0.2) is 9.78 Å². The predicted molar refractivity (Wildman–Crippen MR) is 98.0 cm³/mol. The van der Waals surface area contributed by atoms with Crippen LogP contribution in [0.5, 0.6) is 5.75 Å². The topological polar surface area (TPSA) is 71.5 Å². The SMILES string of the molecule is C#CCC(C)OC(=O)c1ccc(NCc2cc(Cl)cc(Cl)c2O)cn1. The Hall–Kier alpha value is -2.42. The summed E-state index contributed by atoms with van der Waals surface area (Å²) in [6.07, 6.45) is 6.64. The van der Waals surface area contributed by atoms with Gasteiger partial charge in [0.1, 0.15) is 17.5 Å². The maximum absolute atomic E-state index is 11.9. The van der Waals surface area contributed by atoms with Crippen LogP contribution in [0.15, 0.2) is 30.5 Å². The molecule has 1 aromatic carbocycles. The van der Waals surface area contributed by atoms with Crippen LogP contribution >= 0.6 is 23.2 Å². The lowest BCUT2D eigenvalue weighted by Gasteiger charge is -2.11. The van der Waals surface area contributed by atoms with Gasteiger partial charge in [-0.3, -0.25) is 0 Å². The Bertz CT molecular complexity index is 801. The van der Waals surface area contributed by atoms with E-state index in [1.165, 1.54) is 18.3 Å².